The second-order valence-corrected chi connectivity index (χ2v) is 7.80. The smallest absolute Gasteiger partial charge is 0.280 e. The van der Waals surface area contributed by atoms with Gasteiger partial charge in [0.25, 0.3) is 11.6 Å². The van der Waals surface area contributed by atoms with E-state index in [1.54, 1.807) is 36.4 Å². The molecule has 0 spiro atoms. The summed E-state index contributed by atoms with van der Waals surface area (Å²) >= 11 is 1.35. The van der Waals surface area contributed by atoms with E-state index in [0.29, 0.717) is 22.0 Å². The molecule has 1 aliphatic rings. The first kappa shape index (κ1) is 19.8. The predicted molar refractivity (Wildman–Crippen MR) is 118 cm³/mol. The van der Waals surface area contributed by atoms with Gasteiger partial charge in [-0.3, -0.25) is 14.9 Å². The zero-order valence-corrected chi connectivity index (χ0v) is 16.9. The topological polar surface area (TPSA) is 97.4 Å². The summed E-state index contributed by atoms with van der Waals surface area (Å²) < 4.78 is 5.76. The van der Waals surface area contributed by atoms with Crippen LogP contribution in [0.15, 0.2) is 70.0 Å². The van der Waals surface area contributed by atoms with Crippen LogP contribution in [0.25, 0.3) is 17.4 Å². The summed E-state index contributed by atoms with van der Waals surface area (Å²) in [5.41, 5.74) is 2.24. The molecule has 0 saturated carbocycles. The van der Waals surface area contributed by atoms with Crippen molar-refractivity contribution >= 4 is 35.1 Å². The van der Waals surface area contributed by atoms with E-state index in [2.05, 4.69) is 17.6 Å². The summed E-state index contributed by atoms with van der Waals surface area (Å²) in [6, 6.07) is 17.8. The van der Waals surface area contributed by atoms with Crippen molar-refractivity contribution in [2.75, 3.05) is 5.32 Å². The Hall–Kier alpha value is -3.52. The number of carbonyl (C=O) groups is 1. The van der Waals surface area contributed by atoms with Gasteiger partial charge < -0.3 is 15.1 Å². The van der Waals surface area contributed by atoms with E-state index in [4.69, 9.17) is 4.42 Å². The molecule has 2 N–H and O–H groups in total. The van der Waals surface area contributed by atoms with Crippen LogP contribution >= 0.6 is 11.8 Å². The molecule has 7 nitrogen and oxygen atoms in total. The van der Waals surface area contributed by atoms with Gasteiger partial charge in [-0.1, -0.05) is 43.0 Å². The number of anilines is 1. The zero-order chi connectivity index (χ0) is 21.1. The first-order valence-electron chi connectivity index (χ1n) is 9.42. The molecule has 152 valence electrons. The molecule has 1 saturated heterocycles. The second kappa shape index (κ2) is 8.46. The fourth-order valence-corrected chi connectivity index (χ4v) is 4.06. The quantitative estimate of drug-likeness (QED) is 0.330. The summed E-state index contributed by atoms with van der Waals surface area (Å²) in [7, 11) is 0. The highest BCUT2D eigenvalue weighted by molar-refractivity contribution is 8.05. The molecule has 1 aromatic heterocycles. The Morgan fingerprint density at radius 2 is 1.93 bits per heavy atom. The van der Waals surface area contributed by atoms with Gasteiger partial charge in [-0.2, -0.15) is 0 Å². The van der Waals surface area contributed by atoms with Gasteiger partial charge in [-0.25, -0.2) is 0 Å². The number of hydrogen-bond donors (Lipinski definition) is 2. The highest BCUT2D eigenvalue weighted by atomic mass is 32.2. The standard InChI is InChI=1S/C22H19N3O4S/c1-2-14-7-9-15(10-8-14)23-22-24-21(26)20(30-22)13-16-11-12-19(29-16)17-5-3-4-6-18(17)25(27)28/h3-13,22-23H,2H2,1H3,(H,24,26)/b20-13+/t22-/m0/s1. The number of amides is 1. The minimum absolute atomic E-state index is 0.0302. The van der Waals surface area contributed by atoms with Crippen LogP contribution in [0.5, 0.6) is 0 Å². The van der Waals surface area contributed by atoms with Gasteiger partial charge in [0.15, 0.2) is 5.50 Å². The molecular formula is C22H19N3O4S. The third-order valence-corrected chi connectivity index (χ3v) is 5.69. The van der Waals surface area contributed by atoms with Crippen LogP contribution in [0.3, 0.4) is 0 Å². The SMILES string of the molecule is CCc1ccc(N[C@H]2NC(=O)/C(=C\c3ccc(-c4ccccc4[N+](=O)[O-])o3)S2)cc1. The lowest BCUT2D eigenvalue weighted by Gasteiger charge is -2.12. The van der Waals surface area contributed by atoms with Crippen LogP contribution in [0.4, 0.5) is 11.4 Å². The third kappa shape index (κ3) is 4.23. The largest absolute Gasteiger partial charge is 0.456 e. The Balaban J connectivity index is 1.49. The van der Waals surface area contributed by atoms with Crippen molar-refractivity contribution in [1.82, 2.24) is 5.32 Å². The molecule has 30 heavy (non-hydrogen) atoms. The molecule has 2 aromatic carbocycles. The summed E-state index contributed by atoms with van der Waals surface area (Å²) in [5, 5.41) is 17.4. The fourth-order valence-electron chi connectivity index (χ4n) is 3.10. The number of benzene rings is 2. The third-order valence-electron chi connectivity index (χ3n) is 4.66. The molecule has 3 aromatic rings. The van der Waals surface area contributed by atoms with E-state index in [1.807, 2.05) is 24.3 Å². The number of aryl methyl sites for hydroxylation is 1. The molecule has 0 radical (unpaired) electrons. The van der Waals surface area contributed by atoms with Crippen molar-refractivity contribution in [2.24, 2.45) is 0 Å². The van der Waals surface area contributed by atoms with Crippen LogP contribution in [0.1, 0.15) is 18.2 Å². The lowest BCUT2D eigenvalue weighted by Crippen LogP contribution is -2.30. The van der Waals surface area contributed by atoms with E-state index in [1.165, 1.54) is 23.4 Å². The summed E-state index contributed by atoms with van der Waals surface area (Å²) in [6.07, 6.45) is 2.61. The van der Waals surface area contributed by atoms with Crippen molar-refractivity contribution in [3.8, 4) is 11.3 Å². The predicted octanol–water partition coefficient (Wildman–Crippen LogP) is 5.02. The zero-order valence-electron chi connectivity index (χ0n) is 16.1. The van der Waals surface area contributed by atoms with Gasteiger partial charge in [0.2, 0.25) is 0 Å². The number of nitrogens with zero attached hydrogens (tertiary/aromatic N) is 1. The van der Waals surface area contributed by atoms with Crippen molar-refractivity contribution in [1.29, 1.82) is 0 Å². The van der Waals surface area contributed by atoms with Crippen LogP contribution in [-0.2, 0) is 11.2 Å². The molecule has 0 aliphatic carbocycles. The Labute approximate surface area is 177 Å². The molecule has 1 atom stereocenters. The highest BCUT2D eigenvalue weighted by Gasteiger charge is 2.27. The molecule has 1 fully saturated rings. The number of thioether (sulfide) groups is 1. The van der Waals surface area contributed by atoms with Crippen LogP contribution in [0.2, 0.25) is 0 Å². The lowest BCUT2D eigenvalue weighted by atomic mass is 10.1. The first-order chi connectivity index (χ1) is 14.5. The summed E-state index contributed by atoms with van der Waals surface area (Å²) in [4.78, 5) is 23.6. The maximum absolute atomic E-state index is 12.3. The average molecular weight is 421 g/mol. The van der Waals surface area contributed by atoms with Gasteiger partial charge in [-0.05, 0) is 42.3 Å². The van der Waals surface area contributed by atoms with Crippen molar-refractivity contribution < 1.29 is 14.1 Å². The Morgan fingerprint density at radius 1 is 1.17 bits per heavy atom. The molecule has 2 heterocycles. The highest BCUT2D eigenvalue weighted by Crippen LogP contribution is 2.34. The monoisotopic (exact) mass is 421 g/mol. The van der Waals surface area contributed by atoms with Crippen molar-refractivity contribution in [3.05, 3.63) is 87.0 Å². The molecule has 1 amide bonds. The van der Waals surface area contributed by atoms with Gasteiger partial charge in [-0.15, -0.1) is 0 Å². The minimum Gasteiger partial charge on any atom is -0.456 e. The molecule has 8 heteroatoms. The maximum Gasteiger partial charge on any atom is 0.280 e. The average Bonchev–Trinajstić information content (AvgIpc) is 3.35. The lowest BCUT2D eigenvalue weighted by molar-refractivity contribution is -0.384. The number of hydrogen-bond acceptors (Lipinski definition) is 6. The number of carbonyl (C=O) groups excluding carboxylic acids is 1. The van der Waals surface area contributed by atoms with Gasteiger partial charge in [0, 0.05) is 17.8 Å². The number of furan rings is 1. The van der Waals surface area contributed by atoms with Gasteiger partial charge in [0.1, 0.15) is 11.5 Å². The minimum atomic E-state index is -0.445. The van der Waals surface area contributed by atoms with E-state index < -0.39 is 4.92 Å². The number of rotatable bonds is 6. The Bertz CT molecular complexity index is 1120. The normalized spacial score (nSPS) is 17.2. The van der Waals surface area contributed by atoms with Gasteiger partial charge in [0.05, 0.1) is 15.4 Å². The van der Waals surface area contributed by atoms with E-state index in [0.717, 1.165) is 12.1 Å². The summed E-state index contributed by atoms with van der Waals surface area (Å²) in [5.74, 6) is 0.628. The molecule has 0 unspecified atom stereocenters. The Kier molecular flexibility index (Phi) is 5.58. The van der Waals surface area contributed by atoms with Crippen molar-refractivity contribution in [3.63, 3.8) is 0 Å². The second-order valence-electron chi connectivity index (χ2n) is 6.65. The van der Waals surface area contributed by atoms with Crippen molar-refractivity contribution in [2.45, 2.75) is 18.8 Å². The van der Waals surface area contributed by atoms with E-state index in [-0.39, 0.29) is 17.1 Å². The maximum atomic E-state index is 12.3. The van der Waals surface area contributed by atoms with E-state index in [9.17, 15) is 14.9 Å². The number of para-hydroxylation sites is 1. The molecule has 4 rings (SSSR count). The molecule has 0 bridgehead atoms. The van der Waals surface area contributed by atoms with Gasteiger partial charge >= 0.3 is 0 Å². The van der Waals surface area contributed by atoms with Crippen LogP contribution < -0.4 is 10.6 Å². The summed E-state index contributed by atoms with van der Waals surface area (Å²) in [6.45, 7) is 2.10. The molecule has 1 aliphatic heterocycles. The van der Waals surface area contributed by atoms with Crippen LogP contribution in [-0.4, -0.2) is 16.3 Å². The number of nitrogens with one attached hydrogen (secondary N) is 2. The van der Waals surface area contributed by atoms with Crippen LogP contribution in [0, 0.1) is 10.1 Å². The Morgan fingerprint density at radius 3 is 2.67 bits per heavy atom. The van der Waals surface area contributed by atoms with E-state index >= 15 is 0 Å². The number of nitro groups is 1. The molecular weight excluding hydrogens is 402 g/mol. The fraction of sp³-hybridized carbons (Fsp3) is 0.136. The number of nitro benzene ring substituents is 1. The first-order valence-corrected chi connectivity index (χ1v) is 10.3.